The standard InChI is InChI=1S/C15H8BrF2NO/c16-8-5-11(17)14(12(18)6-8)15(20)10-7-19-13-4-2-1-3-9(10)13/h1-7,19H. The van der Waals surface area contributed by atoms with Crippen molar-refractivity contribution in [1.82, 2.24) is 4.98 Å². The second kappa shape index (κ2) is 4.83. The van der Waals surface area contributed by atoms with Gasteiger partial charge >= 0.3 is 0 Å². The van der Waals surface area contributed by atoms with Gasteiger partial charge < -0.3 is 4.98 Å². The number of benzene rings is 2. The van der Waals surface area contributed by atoms with E-state index in [0.29, 0.717) is 5.39 Å². The molecule has 20 heavy (non-hydrogen) atoms. The molecular weight excluding hydrogens is 328 g/mol. The third-order valence-corrected chi connectivity index (χ3v) is 3.53. The van der Waals surface area contributed by atoms with Gasteiger partial charge in [-0.1, -0.05) is 34.1 Å². The first-order valence-corrected chi connectivity index (χ1v) is 6.62. The lowest BCUT2D eigenvalue weighted by Gasteiger charge is -2.04. The normalized spacial score (nSPS) is 10.9. The SMILES string of the molecule is O=C(c1c(F)cc(Br)cc1F)c1c[nH]c2ccccc12. The van der Waals surface area contributed by atoms with Crippen molar-refractivity contribution >= 4 is 32.6 Å². The second-order valence-corrected chi connectivity index (χ2v) is 5.24. The molecule has 100 valence electrons. The number of nitrogens with one attached hydrogen (secondary N) is 1. The summed E-state index contributed by atoms with van der Waals surface area (Å²) < 4.78 is 28.0. The van der Waals surface area contributed by atoms with Gasteiger partial charge in [-0.15, -0.1) is 0 Å². The molecule has 1 heterocycles. The Morgan fingerprint density at radius 3 is 2.45 bits per heavy atom. The van der Waals surface area contributed by atoms with Crippen LogP contribution in [0.5, 0.6) is 0 Å². The monoisotopic (exact) mass is 335 g/mol. The lowest BCUT2D eigenvalue weighted by Crippen LogP contribution is -2.07. The Kier molecular flexibility index (Phi) is 3.14. The average molecular weight is 336 g/mol. The summed E-state index contributed by atoms with van der Waals surface area (Å²) in [4.78, 5) is 15.3. The molecule has 3 rings (SSSR count). The Bertz CT molecular complexity index is 803. The molecule has 0 spiro atoms. The summed E-state index contributed by atoms with van der Waals surface area (Å²) in [7, 11) is 0. The molecule has 0 radical (unpaired) electrons. The molecule has 2 aromatic carbocycles. The number of hydrogen-bond donors (Lipinski definition) is 1. The van der Waals surface area contributed by atoms with Crippen molar-refractivity contribution in [3.05, 3.63) is 69.8 Å². The van der Waals surface area contributed by atoms with Crippen LogP contribution in [0.3, 0.4) is 0 Å². The van der Waals surface area contributed by atoms with Crippen LogP contribution in [0, 0.1) is 11.6 Å². The van der Waals surface area contributed by atoms with E-state index in [4.69, 9.17) is 0 Å². The molecule has 0 aliphatic heterocycles. The first kappa shape index (κ1) is 13.0. The zero-order valence-corrected chi connectivity index (χ0v) is 11.7. The highest BCUT2D eigenvalue weighted by Crippen LogP contribution is 2.25. The highest BCUT2D eigenvalue weighted by atomic mass is 79.9. The third-order valence-electron chi connectivity index (χ3n) is 3.07. The summed E-state index contributed by atoms with van der Waals surface area (Å²) in [5, 5.41) is 0.638. The smallest absolute Gasteiger partial charge is 0.201 e. The summed E-state index contributed by atoms with van der Waals surface area (Å²) in [6, 6.07) is 9.25. The van der Waals surface area contributed by atoms with E-state index in [9.17, 15) is 13.6 Å². The number of carbonyl (C=O) groups excluding carboxylic acids is 1. The number of rotatable bonds is 2. The van der Waals surface area contributed by atoms with Gasteiger partial charge in [-0.25, -0.2) is 8.78 Å². The van der Waals surface area contributed by atoms with Crippen LogP contribution >= 0.6 is 15.9 Å². The fourth-order valence-corrected chi connectivity index (χ4v) is 2.56. The Labute approximate surface area is 121 Å². The highest BCUT2D eigenvalue weighted by molar-refractivity contribution is 9.10. The van der Waals surface area contributed by atoms with Crippen molar-refractivity contribution in [1.29, 1.82) is 0 Å². The van der Waals surface area contributed by atoms with Crippen LogP contribution in [0.2, 0.25) is 0 Å². The van der Waals surface area contributed by atoms with Gasteiger partial charge in [0.25, 0.3) is 0 Å². The molecule has 0 aliphatic rings. The molecule has 0 bridgehead atoms. The van der Waals surface area contributed by atoms with Crippen molar-refractivity contribution in [2.75, 3.05) is 0 Å². The number of carbonyl (C=O) groups is 1. The van der Waals surface area contributed by atoms with Gasteiger partial charge in [0.1, 0.15) is 11.6 Å². The molecule has 1 N–H and O–H groups in total. The van der Waals surface area contributed by atoms with E-state index in [0.717, 1.165) is 17.6 Å². The largest absolute Gasteiger partial charge is 0.360 e. The van der Waals surface area contributed by atoms with Crippen molar-refractivity contribution in [2.24, 2.45) is 0 Å². The molecular formula is C15H8BrF2NO. The lowest BCUT2D eigenvalue weighted by molar-refractivity contribution is 0.103. The van der Waals surface area contributed by atoms with Crippen LogP contribution in [-0.4, -0.2) is 10.8 Å². The summed E-state index contributed by atoms with van der Waals surface area (Å²) >= 11 is 2.99. The predicted octanol–water partition coefficient (Wildman–Crippen LogP) is 4.44. The van der Waals surface area contributed by atoms with Crippen molar-refractivity contribution in [3.63, 3.8) is 0 Å². The number of H-pyrrole nitrogens is 1. The molecule has 0 atom stereocenters. The van der Waals surface area contributed by atoms with E-state index in [-0.39, 0.29) is 10.0 Å². The van der Waals surface area contributed by atoms with E-state index in [1.54, 1.807) is 18.2 Å². The number of para-hydroxylation sites is 1. The number of fused-ring (bicyclic) bond motifs is 1. The molecule has 5 heteroatoms. The van der Waals surface area contributed by atoms with Crippen LogP contribution in [0.25, 0.3) is 10.9 Å². The van der Waals surface area contributed by atoms with Gasteiger partial charge in [-0.3, -0.25) is 4.79 Å². The molecule has 2 nitrogen and oxygen atoms in total. The third kappa shape index (κ3) is 2.04. The van der Waals surface area contributed by atoms with Gasteiger partial charge in [0.05, 0.1) is 5.56 Å². The molecule has 0 saturated heterocycles. The topological polar surface area (TPSA) is 32.9 Å². The van der Waals surface area contributed by atoms with E-state index < -0.39 is 23.0 Å². The van der Waals surface area contributed by atoms with Gasteiger partial charge in [-0.05, 0) is 18.2 Å². The van der Waals surface area contributed by atoms with Crippen LogP contribution < -0.4 is 0 Å². The fraction of sp³-hybridized carbons (Fsp3) is 0. The predicted molar refractivity (Wildman–Crippen MR) is 75.8 cm³/mol. The van der Waals surface area contributed by atoms with E-state index in [1.807, 2.05) is 6.07 Å². The zero-order valence-electron chi connectivity index (χ0n) is 10.1. The maximum atomic E-state index is 13.9. The molecule has 0 fully saturated rings. The summed E-state index contributed by atoms with van der Waals surface area (Å²) in [6.07, 6.45) is 1.47. The number of aromatic nitrogens is 1. The van der Waals surface area contributed by atoms with Crippen molar-refractivity contribution < 1.29 is 13.6 Å². The maximum absolute atomic E-state index is 13.9. The zero-order chi connectivity index (χ0) is 14.3. The first-order valence-electron chi connectivity index (χ1n) is 5.83. The number of halogens is 3. The van der Waals surface area contributed by atoms with Gasteiger partial charge in [0.2, 0.25) is 5.78 Å². The first-order chi connectivity index (χ1) is 9.58. The minimum Gasteiger partial charge on any atom is -0.360 e. The van der Waals surface area contributed by atoms with Crippen LogP contribution in [-0.2, 0) is 0 Å². The van der Waals surface area contributed by atoms with Crippen molar-refractivity contribution in [2.45, 2.75) is 0 Å². The lowest BCUT2D eigenvalue weighted by atomic mass is 10.0. The molecule has 0 unspecified atom stereocenters. The Hall–Kier alpha value is -2.01. The Morgan fingerprint density at radius 2 is 1.75 bits per heavy atom. The number of ketones is 1. The minimum atomic E-state index is -0.882. The van der Waals surface area contributed by atoms with E-state index in [2.05, 4.69) is 20.9 Å². The number of aromatic amines is 1. The quantitative estimate of drug-likeness (QED) is 0.690. The molecule has 3 aromatic rings. The summed E-state index contributed by atoms with van der Waals surface area (Å²) in [5.74, 6) is -2.44. The molecule has 0 amide bonds. The van der Waals surface area contributed by atoms with E-state index in [1.165, 1.54) is 6.20 Å². The number of hydrogen-bond acceptors (Lipinski definition) is 1. The average Bonchev–Trinajstić information content (AvgIpc) is 2.81. The Balaban J connectivity index is 2.19. The van der Waals surface area contributed by atoms with Crippen LogP contribution in [0.4, 0.5) is 8.78 Å². The van der Waals surface area contributed by atoms with Crippen LogP contribution in [0.15, 0.2) is 47.1 Å². The summed E-state index contributed by atoms with van der Waals surface area (Å²) in [5.41, 5.74) is 0.451. The van der Waals surface area contributed by atoms with Gasteiger partial charge in [-0.2, -0.15) is 0 Å². The minimum absolute atomic E-state index is 0.251. The fourth-order valence-electron chi connectivity index (χ4n) is 2.15. The highest BCUT2D eigenvalue weighted by Gasteiger charge is 2.22. The maximum Gasteiger partial charge on any atom is 0.201 e. The van der Waals surface area contributed by atoms with Gasteiger partial charge in [0.15, 0.2) is 0 Å². The Morgan fingerprint density at radius 1 is 1.10 bits per heavy atom. The van der Waals surface area contributed by atoms with Crippen LogP contribution in [0.1, 0.15) is 15.9 Å². The molecule has 0 saturated carbocycles. The van der Waals surface area contributed by atoms with Gasteiger partial charge in [0, 0.05) is 27.1 Å². The summed E-state index contributed by atoms with van der Waals surface area (Å²) in [6.45, 7) is 0. The molecule has 1 aromatic heterocycles. The molecule has 0 aliphatic carbocycles. The second-order valence-electron chi connectivity index (χ2n) is 4.32. The van der Waals surface area contributed by atoms with E-state index >= 15 is 0 Å². The van der Waals surface area contributed by atoms with Crippen molar-refractivity contribution in [3.8, 4) is 0 Å².